The molecule has 2 aromatic carbocycles. The Bertz CT molecular complexity index is 904. The molecule has 1 aromatic heterocycles. The third-order valence-electron chi connectivity index (χ3n) is 4.14. The Morgan fingerprint density at radius 1 is 1.19 bits per heavy atom. The van der Waals surface area contributed by atoms with Gasteiger partial charge >= 0.3 is 0 Å². The van der Waals surface area contributed by atoms with Crippen LogP contribution in [0.3, 0.4) is 0 Å². The largest absolute Gasteiger partial charge is 0.339 e. The molecule has 0 saturated heterocycles. The zero-order chi connectivity index (χ0) is 18.5. The summed E-state index contributed by atoms with van der Waals surface area (Å²) in [5, 5.41) is 7.01. The fourth-order valence-corrected chi connectivity index (χ4v) is 3.06. The van der Waals surface area contributed by atoms with Gasteiger partial charge in [0.15, 0.2) is 0 Å². The van der Waals surface area contributed by atoms with Crippen molar-refractivity contribution in [2.75, 3.05) is 5.32 Å². The molecule has 0 fully saturated rings. The molecule has 0 aliphatic heterocycles. The maximum Gasteiger partial charge on any atom is 0.227 e. The van der Waals surface area contributed by atoms with Gasteiger partial charge in [0.05, 0.1) is 0 Å². The number of halogens is 1. The normalized spacial score (nSPS) is 10.7. The highest BCUT2D eigenvalue weighted by Crippen LogP contribution is 2.22. The van der Waals surface area contributed by atoms with Crippen molar-refractivity contribution in [3.05, 3.63) is 63.1 Å². The van der Waals surface area contributed by atoms with Gasteiger partial charge in [-0.05, 0) is 59.2 Å². The van der Waals surface area contributed by atoms with Gasteiger partial charge < -0.3 is 9.84 Å². The number of carbonyl (C=O) groups excluding carboxylic acids is 1. The van der Waals surface area contributed by atoms with Gasteiger partial charge in [-0.3, -0.25) is 4.79 Å². The van der Waals surface area contributed by atoms with Crippen molar-refractivity contribution in [2.24, 2.45) is 0 Å². The summed E-state index contributed by atoms with van der Waals surface area (Å²) in [6, 6.07) is 13.9. The molecule has 0 atom stereocenters. The molecule has 1 heterocycles. The summed E-state index contributed by atoms with van der Waals surface area (Å²) in [7, 11) is 0. The molecule has 3 rings (SSSR count). The van der Waals surface area contributed by atoms with Crippen LogP contribution in [0.15, 0.2) is 47.0 Å². The Balaban J connectivity index is 1.61. The third-order valence-corrected chi connectivity index (χ3v) is 4.86. The molecule has 0 unspecified atom stereocenters. The monoisotopic (exact) mass is 461 g/mol. The van der Waals surface area contributed by atoms with Crippen molar-refractivity contribution in [2.45, 2.75) is 33.1 Å². The molecular weight excluding hydrogens is 441 g/mol. The van der Waals surface area contributed by atoms with E-state index in [1.54, 1.807) is 0 Å². The molecule has 26 heavy (non-hydrogen) atoms. The average molecular weight is 461 g/mol. The van der Waals surface area contributed by atoms with E-state index in [2.05, 4.69) is 45.0 Å². The standard InChI is InChI=1S/C20H20IN3O2/c1-3-14-6-4-5-13(2)19(14)22-17(25)11-12-18-23-20(24-26-18)15-7-9-16(21)10-8-15/h4-10H,3,11-12H2,1-2H3,(H,22,25). The van der Waals surface area contributed by atoms with Crippen LogP contribution < -0.4 is 5.32 Å². The van der Waals surface area contributed by atoms with E-state index >= 15 is 0 Å². The SMILES string of the molecule is CCc1cccc(C)c1NC(=O)CCc1nc(-c2ccc(I)cc2)no1. The molecular formula is C20H20IN3O2. The topological polar surface area (TPSA) is 68.0 Å². The maximum atomic E-state index is 12.3. The lowest BCUT2D eigenvalue weighted by molar-refractivity contribution is -0.116. The zero-order valence-corrected chi connectivity index (χ0v) is 16.9. The quantitative estimate of drug-likeness (QED) is 0.537. The summed E-state index contributed by atoms with van der Waals surface area (Å²) in [4.78, 5) is 16.7. The highest BCUT2D eigenvalue weighted by atomic mass is 127. The third kappa shape index (κ3) is 4.49. The molecule has 0 radical (unpaired) electrons. The lowest BCUT2D eigenvalue weighted by Gasteiger charge is -2.12. The summed E-state index contributed by atoms with van der Waals surface area (Å²) in [5.74, 6) is 0.959. The Labute approximate surface area is 166 Å². The Morgan fingerprint density at radius 3 is 2.69 bits per heavy atom. The minimum absolute atomic E-state index is 0.0528. The van der Waals surface area contributed by atoms with Gasteiger partial charge in [-0.15, -0.1) is 0 Å². The van der Waals surface area contributed by atoms with Crippen LogP contribution in [0.1, 0.15) is 30.4 Å². The molecule has 0 bridgehead atoms. The lowest BCUT2D eigenvalue weighted by atomic mass is 10.1. The first-order chi connectivity index (χ1) is 12.6. The minimum atomic E-state index is -0.0528. The van der Waals surface area contributed by atoms with E-state index in [0.29, 0.717) is 24.6 Å². The molecule has 1 N–H and O–H groups in total. The van der Waals surface area contributed by atoms with Crippen LogP contribution in [-0.4, -0.2) is 16.0 Å². The van der Waals surface area contributed by atoms with Gasteiger partial charge in [-0.2, -0.15) is 4.98 Å². The van der Waals surface area contributed by atoms with Crippen LogP contribution in [-0.2, 0) is 17.6 Å². The number of hydrogen-bond acceptors (Lipinski definition) is 4. The number of para-hydroxylation sites is 1. The van der Waals surface area contributed by atoms with Crippen LogP contribution in [0, 0.1) is 10.5 Å². The van der Waals surface area contributed by atoms with Crippen LogP contribution in [0.2, 0.25) is 0 Å². The van der Waals surface area contributed by atoms with Gasteiger partial charge in [0.25, 0.3) is 0 Å². The van der Waals surface area contributed by atoms with Crippen molar-refractivity contribution in [1.82, 2.24) is 10.1 Å². The Hall–Kier alpha value is -2.22. The van der Waals surface area contributed by atoms with Crippen LogP contribution in [0.4, 0.5) is 5.69 Å². The number of carbonyl (C=O) groups is 1. The number of nitrogens with zero attached hydrogens (tertiary/aromatic N) is 2. The summed E-state index contributed by atoms with van der Waals surface area (Å²) < 4.78 is 6.42. The van der Waals surface area contributed by atoms with Crippen LogP contribution in [0.25, 0.3) is 11.4 Å². The summed E-state index contributed by atoms with van der Waals surface area (Å²) in [5.41, 5.74) is 4.01. The molecule has 0 aliphatic carbocycles. The van der Waals surface area contributed by atoms with Crippen molar-refractivity contribution >= 4 is 34.2 Å². The molecule has 0 saturated carbocycles. The summed E-state index contributed by atoms with van der Waals surface area (Å²) in [6.07, 6.45) is 1.59. The van der Waals surface area contributed by atoms with Gasteiger partial charge in [0.2, 0.25) is 17.6 Å². The van der Waals surface area contributed by atoms with Crippen LogP contribution >= 0.6 is 22.6 Å². The predicted octanol–water partition coefficient (Wildman–Crippen LogP) is 4.78. The van der Waals surface area contributed by atoms with Gasteiger partial charge in [0, 0.05) is 27.7 Å². The smallest absolute Gasteiger partial charge is 0.227 e. The lowest BCUT2D eigenvalue weighted by Crippen LogP contribution is -2.14. The molecule has 134 valence electrons. The van der Waals surface area contributed by atoms with E-state index in [1.807, 2.05) is 49.4 Å². The number of aromatic nitrogens is 2. The predicted molar refractivity (Wildman–Crippen MR) is 110 cm³/mol. The van der Waals surface area contributed by atoms with Crippen molar-refractivity contribution < 1.29 is 9.32 Å². The second-order valence-electron chi connectivity index (χ2n) is 6.03. The van der Waals surface area contributed by atoms with E-state index in [-0.39, 0.29) is 5.91 Å². The van der Waals surface area contributed by atoms with Gasteiger partial charge in [0.1, 0.15) is 0 Å². The van der Waals surface area contributed by atoms with E-state index in [0.717, 1.165) is 32.4 Å². The Kier molecular flexibility index (Phi) is 6.03. The first-order valence-electron chi connectivity index (χ1n) is 8.53. The number of amides is 1. The second kappa shape index (κ2) is 8.44. The van der Waals surface area contributed by atoms with Crippen molar-refractivity contribution in [1.29, 1.82) is 0 Å². The number of hydrogen-bond donors (Lipinski definition) is 1. The number of aryl methyl sites for hydroxylation is 3. The highest BCUT2D eigenvalue weighted by Gasteiger charge is 2.12. The Morgan fingerprint density at radius 2 is 1.96 bits per heavy atom. The van der Waals surface area contributed by atoms with E-state index in [9.17, 15) is 4.79 Å². The molecule has 5 nitrogen and oxygen atoms in total. The van der Waals surface area contributed by atoms with Crippen molar-refractivity contribution in [3.63, 3.8) is 0 Å². The van der Waals surface area contributed by atoms with Crippen LogP contribution in [0.5, 0.6) is 0 Å². The van der Waals surface area contributed by atoms with E-state index in [4.69, 9.17) is 4.52 Å². The second-order valence-corrected chi connectivity index (χ2v) is 7.28. The molecule has 6 heteroatoms. The molecule has 0 aliphatic rings. The average Bonchev–Trinajstić information content (AvgIpc) is 3.11. The fourth-order valence-electron chi connectivity index (χ4n) is 2.70. The van der Waals surface area contributed by atoms with E-state index in [1.165, 1.54) is 0 Å². The van der Waals surface area contributed by atoms with Gasteiger partial charge in [-0.1, -0.05) is 42.4 Å². The molecule has 1 amide bonds. The minimum Gasteiger partial charge on any atom is -0.339 e. The number of rotatable bonds is 6. The number of benzene rings is 2. The summed E-state index contributed by atoms with van der Waals surface area (Å²) >= 11 is 2.25. The van der Waals surface area contributed by atoms with Crippen molar-refractivity contribution in [3.8, 4) is 11.4 Å². The van der Waals surface area contributed by atoms with E-state index < -0.39 is 0 Å². The fraction of sp³-hybridized carbons (Fsp3) is 0.250. The first kappa shape index (κ1) is 18.6. The number of nitrogens with one attached hydrogen (secondary N) is 1. The van der Waals surface area contributed by atoms with Gasteiger partial charge in [-0.25, -0.2) is 0 Å². The molecule has 3 aromatic rings. The zero-order valence-electron chi connectivity index (χ0n) is 14.8. The highest BCUT2D eigenvalue weighted by molar-refractivity contribution is 14.1. The molecule has 0 spiro atoms. The number of anilines is 1. The first-order valence-corrected chi connectivity index (χ1v) is 9.61. The maximum absolute atomic E-state index is 12.3. The summed E-state index contributed by atoms with van der Waals surface area (Å²) in [6.45, 7) is 4.08.